The highest BCUT2D eigenvalue weighted by Crippen LogP contribution is 2.30. The molecule has 0 heterocycles. The summed E-state index contributed by atoms with van der Waals surface area (Å²) in [6, 6.07) is 5.16. The summed E-state index contributed by atoms with van der Waals surface area (Å²) in [6.45, 7) is 8.46. The number of nitrogens with zero attached hydrogens (tertiary/aromatic N) is 1. The molecule has 0 aliphatic carbocycles. The van der Waals surface area contributed by atoms with Gasteiger partial charge in [-0.05, 0) is 37.0 Å². The summed E-state index contributed by atoms with van der Waals surface area (Å²) in [7, 11) is -2.22. The predicted molar refractivity (Wildman–Crippen MR) is 98.2 cm³/mol. The first-order valence-electron chi connectivity index (χ1n) is 8.43. The molecule has 0 bridgehead atoms. The number of carbonyl (C=O) groups is 1. The Labute approximate surface area is 151 Å². The summed E-state index contributed by atoms with van der Waals surface area (Å²) < 4.78 is 33.0. The summed E-state index contributed by atoms with van der Waals surface area (Å²) in [5.74, 6) is 0.825. The summed E-state index contributed by atoms with van der Waals surface area (Å²) in [5, 5.41) is 0. The smallest absolute Gasteiger partial charge is 0.306 e. The molecule has 1 aromatic rings. The Morgan fingerprint density at radius 1 is 1.20 bits per heavy atom. The minimum absolute atomic E-state index is 0.0887. The molecule has 1 aromatic carbocycles. The Morgan fingerprint density at radius 3 is 2.32 bits per heavy atom. The van der Waals surface area contributed by atoms with Gasteiger partial charge < -0.3 is 13.8 Å². The molecular weight excluding hydrogens is 342 g/mol. The molecule has 25 heavy (non-hydrogen) atoms. The fourth-order valence-electron chi connectivity index (χ4n) is 2.42. The lowest BCUT2D eigenvalue weighted by Gasteiger charge is -2.29. The lowest BCUT2D eigenvalue weighted by Crippen LogP contribution is -2.38. The van der Waals surface area contributed by atoms with Crippen LogP contribution in [0.3, 0.4) is 0 Å². The van der Waals surface area contributed by atoms with E-state index in [0.29, 0.717) is 18.7 Å². The van der Waals surface area contributed by atoms with Crippen molar-refractivity contribution < 1.29 is 22.1 Å². The van der Waals surface area contributed by atoms with Crippen LogP contribution >= 0.6 is 0 Å². The largest absolute Gasteiger partial charge is 0.493 e. The van der Waals surface area contributed by atoms with E-state index >= 15 is 0 Å². The third-order valence-corrected chi connectivity index (χ3v) is 4.33. The van der Waals surface area contributed by atoms with Gasteiger partial charge in [-0.25, -0.2) is 0 Å². The van der Waals surface area contributed by atoms with Crippen LogP contribution in [0.15, 0.2) is 18.2 Å². The van der Waals surface area contributed by atoms with Crippen LogP contribution in [-0.4, -0.2) is 38.6 Å². The molecule has 7 heteroatoms. The molecule has 0 saturated carbocycles. The fourth-order valence-corrected chi connectivity index (χ4v) is 2.88. The normalized spacial score (nSPS) is 12.8. The standard InChI is InChI=1S/C18H29NO5S/c1-7-14(4)19(18(20)10-13(2)3)12-15-8-9-16(23-5)17(11-15)24-25(6,21)22/h8-9,11,13-14H,7,10,12H2,1-6H3. The molecular formula is C18H29NO5S. The van der Waals surface area contributed by atoms with Gasteiger partial charge in [0.15, 0.2) is 11.5 Å². The molecule has 1 rings (SSSR count). The monoisotopic (exact) mass is 371 g/mol. The van der Waals surface area contributed by atoms with Crippen LogP contribution in [0.25, 0.3) is 0 Å². The number of amides is 1. The van der Waals surface area contributed by atoms with Crippen molar-refractivity contribution in [2.24, 2.45) is 5.92 Å². The Balaban J connectivity index is 3.11. The number of hydrogen-bond donors (Lipinski definition) is 0. The number of hydrogen-bond acceptors (Lipinski definition) is 5. The quantitative estimate of drug-likeness (QED) is 0.623. The van der Waals surface area contributed by atoms with Crippen LogP contribution in [-0.2, 0) is 21.5 Å². The first-order chi connectivity index (χ1) is 11.6. The van der Waals surface area contributed by atoms with E-state index in [0.717, 1.165) is 18.2 Å². The SMILES string of the molecule is CCC(C)N(Cc1ccc(OC)c(OS(C)(=O)=O)c1)C(=O)CC(C)C. The van der Waals surface area contributed by atoms with Crippen molar-refractivity contribution in [3.63, 3.8) is 0 Å². The summed E-state index contributed by atoms with van der Waals surface area (Å²) >= 11 is 0. The lowest BCUT2D eigenvalue weighted by molar-refractivity contribution is -0.134. The maximum absolute atomic E-state index is 12.6. The Kier molecular flexibility index (Phi) is 7.73. The van der Waals surface area contributed by atoms with Gasteiger partial charge >= 0.3 is 10.1 Å². The summed E-state index contributed by atoms with van der Waals surface area (Å²) in [5.41, 5.74) is 0.789. The number of ether oxygens (including phenoxy) is 1. The highest BCUT2D eigenvalue weighted by atomic mass is 32.2. The summed E-state index contributed by atoms with van der Waals surface area (Å²) in [4.78, 5) is 14.4. The zero-order valence-corrected chi connectivity index (χ0v) is 16.7. The minimum Gasteiger partial charge on any atom is -0.493 e. The fraction of sp³-hybridized carbons (Fsp3) is 0.611. The van der Waals surface area contributed by atoms with E-state index in [2.05, 4.69) is 0 Å². The number of methoxy groups -OCH3 is 1. The van der Waals surface area contributed by atoms with Crippen LogP contribution in [0, 0.1) is 5.92 Å². The maximum atomic E-state index is 12.6. The molecule has 0 aromatic heterocycles. The van der Waals surface area contributed by atoms with Crippen LogP contribution in [0.1, 0.15) is 46.1 Å². The zero-order valence-electron chi connectivity index (χ0n) is 15.9. The Hall–Kier alpha value is -1.76. The van der Waals surface area contributed by atoms with Gasteiger partial charge in [-0.2, -0.15) is 8.42 Å². The first kappa shape index (κ1) is 21.3. The number of carbonyl (C=O) groups excluding carboxylic acids is 1. The van der Waals surface area contributed by atoms with Gasteiger partial charge in [0.25, 0.3) is 0 Å². The van der Waals surface area contributed by atoms with Crippen molar-refractivity contribution in [3.05, 3.63) is 23.8 Å². The molecule has 1 atom stereocenters. The molecule has 1 amide bonds. The molecule has 0 aliphatic heterocycles. The van der Waals surface area contributed by atoms with Crippen LogP contribution in [0.4, 0.5) is 0 Å². The van der Waals surface area contributed by atoms with Crippen molar-refractivity contribution in [1.29, 1.82) is 0 Å². The van der Waals surface area contributed by atoms with E-state index in [1.54, 1.807) is 12.1 Å². The van der Waals surface area contributed by atoms with Gasteiger partial charge in [0.2, 0.25) is 5.91 Å². The topological polar surface area (TPSA) is 72.9 Å². The van der Waals surface area contributed by atoms with Crippen molar-refractivity contribution in [2.45, 2.75) is 53.1 Å². The van der Waals surface area contributed by atoms with Crippen molar-refractivity contribution in [2.75, 3.05) is 13.4 Å². The van der Waals surface area contributed by atoms with E-state index < -0.39 is 10.1 Å². The minimum atomic E-state index is -3.67. The van der Waals surface area contributed by atoms with Gasteiger partial charge in [-0.1, -0.05) is 26.8 Å². The Morgan fingerprint density at radius 2 is 1.84 bits per heavy atom. The van der Waals surface area contributed by atoms with Gasteiger partial charge in [0.1, 0.15) is 0 Å². The van der Waals surface area contributed by atoms with Crippen molar-refractivity contribution in [3.8, 4) is 11.5 Å². The van der Waals surface area contributed by atoms with Crippen LogP contribution in [0.2, 0.25) is 0 Å². The van der Waals surface area contributed by atoms with Gasteiger partial charge in [0.05, 0.1) is 13.4 Å². The highest BCUT2D eigenvalue weighted by Gasteiger charge is 2.21. The van der Waals surface area contributed by atoms with Gasteiger partial charge in [0, 0.05) is 19.0 Å². The number of benzene rings is 1. The van der Waals surface area contributed by atoms with E-state index in [1.165, 1.54) is 7.11 Å². The molecule has 0 radical (unpaired) electrons. The predicted octanol–water partition coefficient (Wildman–Crippen LogP) is 3.21. The van der Waals surface area contributed by atoms with Crippen LogP contribution in [0.5, 0.6) is 11.5 Å². The summed E-state index contributed by atoms with van der Waals surface area (Å²) in [6.07, 6.45) is 2.30. The maximum Gasteiger partial charge on any atom is 0.306 e. The third kappa shape index (κ3) is 6.94. The molecule has 6 nitrogen and oxygen atoms in total. The molecule has 0 saturated heterocycles. The number of rotatable bonds is 9. The average molecular weight is 371 g/mol. The van der Waals surface area contributed by atoms with E-state index in [9.17, 15) is 13.2 Å². The third-order valence-electron chi connectivity index (χ3n) is 3.85. The van der Waals surface area contributed by atoms with E-state index in [1.807, 2.05) is 38.7 Å². The molecule has 0 aliphatic rings. The van der Waals surface area contributed by atoms with Crippen molar-refractivity contribution in [1.82, 2.24) is 4.90 Å². The highest BCUT2D eigenvalue weighted by molar-refractivity contribution is 7.86. The van der Waals surface area contributed by atoms with E-state index in [4.69, 9.17) is 8.92 Å². The lowest BCUT2D eigenvalue weighted by atomic mass is 10.1. The van der Waals surface area contributed by atoms with Gasteiger partial charge in [-0.3, -0.25) is 4.79 Å². The molecule has 0 fully saturated rings. The zero-order chi connectivity index (χ0) is 19.2. The second-order valence-electron chi connectivity index (χ2n) is 6.65. The second-order valence-corrected chi connectivity index (χ2v) is 8.22. The second kappa shape index (κ2) is 9.08. The Bertz CT molecular complexity index is 685. The molecule has 0 N–H and O–H groups in total. The van der Waals surface area contributed by atoms with Gasteiger partial charge in [-0.15, -0.1) is 0 Å². The van der Waals surface area contributed by atoms with Crippen LogP contribution < -0.4 is 8.92 Å². The van der Waals surface area contributed by atoms with Crippen molar-refractivity contribution >= 4 is 16.0 Å². The molecule has 0 spiro atoms. The molecule has 142 valence electrons. The molecule has 1 unspecified atom stereocenters. The first-order valence-corrected chi connectivity index (χ1v) is 10.2. The average Bonchev–Trinajstić information content (AvgIpc) is 2.49. The van der Waals surface area contributed by atoms with E-state index in [-0.39, 0.29) is 23.6 Å².